The smallest absolute Gasteiger partial charge is 0.266 e. The van der Waals surface area contributed by atoms with Gasteiger partial charge in [-0.1, -0.05) is 30.3 Å². The Balaban J connectivity index is 1.60. The summed E-state index contributed by atoms with van der Waals surface area (Å²) in [5.41, 5.74) is 7.41. The zero-order valence-corrected chi connectivity index (χ0v) is 16.6. The Morgan fingerprint density at radius 3 is 2.62 bits per heavy atom. The molecule has 2 heterocycles. The van der Waals surface area contributed by atoms with E-state index in [1.807, 2.05) is 30.3 Å². The Hall–Kier alpha value is -3.00. The minimum absolute atomic E-state index is 0.0753. The van der Waals surface area contributed by atoms with Crippen LogP contribution in [0.3, 0.4) is 0 Å². The lowest BCUT2D eigenvalue weighted by atomic mass is 10.0. The van der Waals surface area contributed by atoms with E-state index in [-0.39, 0.29) is 42.4 Å². The monoisotopic (exact) mass is 397 g/mol. The summed E-state index contributed by atoms with van der Waals surface area (Å²) in [6.45, 7) is 2.90. The van der Waals surface area contributed by atoms with Crippen molar-refractivity contribution in [1.82, 2.24) is 20.0 Å². The Bertz CT molecular complexity index is 912. The summed E-state index contributed by atoms with van der Waals surface area (Å²) in [6, 6.07) is 12.7. The summed E-state index contributed by atoms with van der Waals surface area (Å²) in [5, 5.41) is 7.27. The fourth-order valence-electron chi connectivity index (χ4n) is 3.49. The lowest BCUT2D eigenvalue weighted by Gasteiger charge is -2.23. The number of aromatic nitrogens is 2. The van der Waals surface area contributed by atoms with Crippen molar-refractivity contribution < 1.29 is 9.59 Å². The van der Waals surface area contributed by atoms with Crippen LogP contribution in [0.25, 0.3) is 11.3 Å². The van der Waals surface area contributed by atoms with E-state index >= 15 is 0 Å². The van der Waals surface area contributed by atoms with Crippen molar-refractivity contribution in [3.8, 4) is 11.3 Å². The quantitative estimate of drug-likeness (QED) is 0.768. The first kappa shape index (κ1) is 20.7. The molecule has 8 nitrogen and oxygen atoms in total. The molecule has 2 aromatic rings. The summed E-state index contributed by atoms with van der Waals surface area (Å²) in [5.74, 6) is -0.501. The van der Waals surface area contributed by atoms with E-state index in [0.717, 1.165) is 5.56 Å². The molecule has 3 rings (SSSR count). The largest absolute Gasteiger partial charge is 0.354 e. The summed E-state index contributed by atoms with van der Waals surface area (Å²) >= 11 is 0. The first-order valence-electron chi connectivity index (χ1n) is 9.86. The van der Waals surface area contributed by atoms with Crippen LogP contribution in [0.1, 0.15) is 19.8 Å². The van der Waals surface area contributed by atoms with E-state index < -0.39 is 0 Å². The normalized spacial score (nSPS) is 19.4. The van der Waals surface area contributed by atoms with Crippen LogP contribution in [0.5, 0.6) is 0 Å². The van der Waals surface area contributed by atoms with Crippen LogP contribution < -0.4 is 16.6 Å². The summed E-state index contributed by atoms with van der Waals surface area (Å²) < 4.78 is 1.35. The van der Waals surface area contributed by atoms with Gasteiger partial charge in [0.1, 0.15) is 0 Å². The van der Waals surface area contributed by atoms with Crippen molar-refractivity contribution in [2.24, 2.45) is 11.7 Å². The van der Waals surface area contributed by atoms with Gasteiger partial charge in [0.2, 0.25) is 11.8 Å². The van der Waals surface area contributed by atoms with E-state index in [1.165, 1.54) is 17.7 Å². The molecule has 1 fully saturated rings. The van der Waals surface area contributed by atoms with Crippen molar-refractivity contribution in [1.29, 1.82) is 0 Å². The maximum atomic E-state index is 12.6. The molecular weight excluding hydrogens is 370 g/mol. The Morgan fingerprint density at radius 2 is 1.90 bits per heavy atom. The van der Waals surface area contributed by atoms with Crippen LogP contribution in [0, 0.1) is 5.92 Å². The molecular formula is C21H27N5O3. The van der Waals surface area contributed by atoms with Crippen LogP contribution in [-0.2, 0) is 16.1 Å². The van der Waals surface area contributed by atoms with Gasteiger partial charge in [0, 0.05) is 44.2 Å². The van der Waals surface area contributed by atoms with Gasteiger partial charge in [-0.2, -0.15) is 5.10 Å². The third-order valence-electron chi connectivity index (χ3n) is 5.16. The number of benzene rings is 1. The highest BCUT2D eigenvalue weighted by Crippen LogP contribution is 2.17. The molecule has 2 amide bonds. The molecule has 0 aliphatic carbocycles. The molecule has 29 heavy (non-hydrogen) atoms. The van der Waals surface area contributed by atoms with E-state index in [9.17, 15) is 14.4 Å². The molecule has 0 spiro atoms. The molecule has 154 valence electrons. The van der Waals surface area contributed by atoms with Crippen LogP contribution >= 0.6 is 0 Å². The Labute approximate surface area is 169 Å². The third-order valence-corrected chi connectivity index (χ3v) is 5.16. The fourth-order valence-corrected chi connectivity index (χ4v) is 3.49. The average Bonchev–Trinajstić information content (AvgIpc) is 2.92. The molecule has 1 aliphatic heterocycles. The van der Waals surface area contributed by atoms with Crippen molar-refractivity contribution in [3.63, 3.8) is 0 Å². The van der Waals surface area contributed by atoms with Gasteiger partial charge >= 0.3 is 0 Å². The predicted octanol–water partition coefficient (Wildman–Crippen LogP) is 0.612. The van der Waals surface area contributed by atoms with Crippen molar-refractivity contribution in [2.75, 3.05) is 19.6 Å². The zero-order chi connectivity index (χ0) is 20.8. The molecule has 1 saturated heterocycles. The second-order valence-corrected chi connectivity index (χ2v) is 7.40. The van der Waals surface area contributed by atoms with E-state index in [4.69, 9.17) is 5.73 Å². The van der Waals surface area contributed by atoms with Crippen molar-refractivity contribution >= 4 is 11.8 Å². The lowest BCUT2D eigenvalue weighted by molar-refractivity contribution is -0.131. The van der Waals surface area contributed by atoms with E-state index in [1.54, 1.807) is 11.0 Å². The van der Waals surface area contributed by atoms with Gasteiger partial charge in [0.05, 0.1) is 18.2 Å². The maximum absolute atomic E-state index is 12.6. The third kappa shape index (κ3) is 5.51. The van der Waals surface area contributed by atoms with Gasteiger partial charge in [-0.3, -0.25) is 14.4 Å². The van der Waals surface area contributed by atoms with Crippen LogP contribution in [0.4, 0.5) is 0 Å². The summed E-state index contributed by atoms with van der Waals surface area (Å²) in [4.78, 5) is 38.1. The molecule has 2 atom stereocenters. The Morgan fingerprint density at radius 1 is 1.14 bits per heavy atom. The number of hydrogen-bond donors (Lipinski definition) is 2. The van der Waals surface area contributed by atoms with Gasteiger partial charge in [0.15, 0.2) is 0 Å². The van der Waals surface area contributed by atoms with Gasteiger partial charge in [-0.25, -0.2) is 4.68 Å². The standard InChI is InChI=1S/C21H27N5O3/c1-15(27)25-13-17(7-8-18(22)14-25)21(29)23-11-12-26-20(28)10-9-19(24-26)16-5-3-2-4-6-16/h2-6,9-10,17-18H,7-8,11-14,22H2,1H3,(H,23,29)/t17-,18+/m1/s1. The molecule has 1 aliphatic rings. The Kier molecular flexibility index (Phi) is 6.77. The topological polar surface area (TPSA) is 110 Å². The first-order chi connectivity index (χ1) is 13.9. The molecule has 0 bridgehead atoms. The molecule has 1 aromatic heterocycles. The number of nitrogens with two attached hydrogens (primary N) is 1. The number of hydrogen-bond acceptors (Lipinski definition) is 5. The number of carbonyl (C=O) groups is 2. The van der Waals surface area contributed by atoms with Crippen molar-refractivity contribution in [3.05, 3.63) is 52.8 Å². The molecule has 0 saturated carbocycles. The first-order valence-corrected chi connectivity index (χ1v) is 9.86. The van der Waals surface area contributed by atoms with Gasteiger partial charge in [-0.05, 0) is 18.9 Å². The minimum Gasteiger partial charge on any atom is -0.354 e. The highest BCUT2D eigenvalue weighted by Gasteiger charge is 2.28. The molecule has 0 radical (unpaired) electrons. The zero-order valence-electron chi connectivity index (χ0n) is 16.6. The SMILES string of the molecule is CC(=O)N1C[C@@H](N)CC[C@@H](C(=O)NCCn2nc(-c3ccccc3)ccc2=O)C1. The highest BCUT2D eigenvalue weighted by molar-refractivity contribution is 5.80. The van der Waals surface area contributed by atoms with Gasteiger partial charge < -0.3 is 16.0 Å². The second-order valence-electron chi connectivity index (χ2n) is 7.40. The number of carbonyl (C=O) groups excluding carboxylic acids is 2. The number of nitrogens with zero attached hydrogens (tertiary/aromatic N) is 3. The molecule has 0 unspecified atom stereocenters. The summed E-state index contributed by atoms with van der Waals surface area (Å²) in [7, 11) is 0. The highest BCUT2D eigenvalue weighted by atomic mass is 16.2. The van der Waals surface area contributed by atoms with Crippen molar-refractivity contribution in [2.45, 2.75) is 32.4 Å². The number of likely N-dealkylation sites (tertiary alicyclic amines) is 1. The number of rotatable bonds is 5. The van der Waals surface area contributed by atoms with E-state index in [0.29, 0.717) is 31.6 Å². The maximum Gasteiger partial charge on any atom is 0.266 e. The fraction of sp³-hybridized carbons (Fsp3) is 0.429. The van der Waals surface area contributed by atoms with Gasteiger partial charge in [-0.15, -0.1) is 0 Å². The molecule has 3 N–H and O–H groups in total. The van der Waals surface area contributed by atoms with E-state index in [2.05, 4.69) is 10.4 Å². The molecule has 1 aromatic carbocycles. The number of nitrogens with one attached hydrogen (secondary N) is 1. The predicted molar refractivity (Wildman–Crippen MR) is 110 cm³/mol. The van der Waals surface area contributed by atoms with Crippen LogP contribution in [0.15, 0.2) is 47.3 Å². The summed E-state index contributed by atoms with van der Waals surface area (Å²) in [6.07, 6.45) is 1.33. The second kappa shape index (κ2) is 9.47. The van der Waals surface area contributed by atoms with Crippen LogP contribution in [-0.4, -0.2) is 52.2 Å². The lowest BCUT2D eigenvalue weighted by Crippen LogP contribution is -2.42. The minimum atomic E-state index is -0.298. The van der Waals surface area contributed by atoms with Gasteiger partial charge in [0.25, 0.3) is 5.56 Å². The van der Waals surface area contributed by atoms with Crippen LogP contribution in [0.2, 0.25) is 0 Å². The average molecular weight is 397 g/mol. The molecule has 8 heteroatoms. The number of amides is 2.